The number of amides is 5. The summed E-state index contributed by atoms with van der Waals surface area (Å²) in [5.41, 5.74) is 9.93. The lowest BCUT2D eigenvalue weighted by molar-refractivity contribution is -0.143. The van der Waals surface area contributed by atoms with E-state index in [2.05, 4.69) is 105 Å². The quantitative estimate of drug-likeness (QED) is 0.0648. The van der Waals surface area contributed by atoms with Crippen LogP contribution in [0.25, 0.3) is 33.0 Å². The summed E-state index contributed by atoms with van der Waals surface area (Å²) in [7, 11) is 3.53. The van der Waals surface area contributed by atoms with E-state index in [1.54, 1.807) is 25.9 Å². The Morgan fingerprint density at radius 3 is 1.54 bits per heavy atom. The summed E-state index contributed by atoms with van der Waals surface area (Å²) in [6, 6.07) is 24.4. The van der Waals surface area contributed by atoms with Gasteiger partial charge in [0.05, 0.1) is 24.3 Å². The van der Waals surface area contributed by atoms with Gasteiger partial charge >= 0.3 is 0 Å². The molecule has 2 heterocycles. The van der Waals surface area contributed by atoms with Gasteiger partial charge in [-0.2, -0.15) is 0 Å². The van der Waals surface area contributed by atoms with E-state index in [1.165, 1.54) is 50.6 Å². The summed E-state index contributed by atoms with van der Waals surface area (Å²) in [4.78, 5) is 73.4. The highest BCUT2D eigenvalue weighted by molar-refractivity contribution is 5.95. The minimum atomic E-state index is -0.627. The molecule has 6 aliphatic rings. The fourth-order valence-corrected chi connectivity index (χ4v) is 14.0. The first-order valence-corrected chi connectivity index (χ1v) is 29.4. The van der Waals surface area contributed by atoms with Crippen molar-refractivity contribution in [2.24, 2.45) is 11.8 Å². The standard InChI is InChI=1S/C63H84N8O5/c1-39(64-3)59(72)68-57(41-17-7-5-8-18-41)62(75)70-35-15-29-55(70)61(74)67-54-28-14-24-50-48(22-12-26-52(50)54)46-34-32-43-37-45(33-31-44(43)38-46)47-21-11-25-51-49(47)23-13-27-53(51)66-56-30-16-36-71(56)63(76)58(42-19-9-6-10-20-42)69-60(73)40(2)65-4/h11-12,21-22,25-26,31-34,37-42,53-58,64-66H,5-10,13-20,23-24,27-30,35-36H2,1-4H3,(H,67,74)(H,68,72)(H,69,73)/t39-,40-,53+,54+,55-,56-,57-,58-/m0/s1. The van der Waals surface area contributed by atoms with Gasteiger partial charge in [-0.15, -0.1) is 0 Å². The van der Waals surface area contributed by atoms with Crippen molar-refractivity contribution in [1.82, 2.24) is 41.7 Å². The monoisotopic (exact) mass is 1030 g/mol. The third kappa shape index (κ3) is 11.5. The van der Waals surface area contributed by atoms with Gasteiger partial charge in [0, 0.05) is 19.1 Å². The molecule has 0 radical (unpaired) electrons. The molecule has 2 saturated heterocycles. The van der Waals surface area contributed by atoms with Crippen LogP contribution >= 0.6 is 0 Å². The van der Waals surface area contributed by atoms with Crippen LogP contribution in [0.5, 0.6) is 0 Å². The zero-order valence-corrected chi connectivity index (χ0v) is 45.7. The van der Waals surface area contributed by atoms with Crippen LogP contribution in [0.2, 0.25) is 0 Å². The Kier molecular flexibility index (Phi) is 17.2. The van der Waals surface area contributed by atoms with Gasteiger partial charge in [-0.25, -0.2) is 0 Å². The van der Waals surface area contributed by atoms with Crippen LogP contribution in [0, 0.1) is 11.8 Å². The van der Waals surface area contributed by atoms with Crippen molar-refractivity contribution in [2.75, 3.05) is 27.2 Å². The molecule has 6 N–H and O–H groups in total. The topological polar surface area (TPSA) is 164 Å². The molecule has 4 aliphatic carbocycles. The van der Waals surface area contributed by atoms with Gasteiger partial charge in [0.25, 0.3) is 0 Å². The second kappa shape index (κ2) is 24.4. The van der Waals surface area contributed by atoms with Gasteiger partial charge in [0.2, 0.25) is 29.5 Å². The maximum Gasteiger partial charge on any atom is 0.246 e. The van der Waals surface area contributed by atoms with Crippen LogP contribution in [-0.4, -0.2) is 103 Å². The smallest absolute Gasteiger partial charge is 0.246 e. The molecule has 10 rings (SSSR count). The first-order valence-electron chi connectivity index (χ1n) is 29.4. The van der Waals surface area contributed by atoms with E-state index >= 15 is 0 Å². The van der Waals surface area contributed by atoms with Crippen molar-refractivity contribution in [3.8, 4) is 22.3 Å². The fraction of sp³-hybridized carbons (Fsp3) is 0.571. The molecular formula is C63H84N8O5. The molecule has 2 saturated carbocycles. The minimum Gasteiger partial charge on any atom is -0.347 e. The van der Waals surface area contributed by atoms with Crippen molar-refractivity contribution >= 4 is 40.3 Å². The number of carbonyl (C=O) groups is 5. The second-order valence-corrected chi connectivity index (χ2v) is 23.3. The number of nitrogens with zero attached hydrogens (tertiary/aromatic N) is 2. The van der Waals surface area contributed by atoms with Crippen molar-refractivity contribution in [2.45, 2.75) is 191 Å². The molecule has 8 atom stereocenters. The normalized spacial score (nSPS) is 23.7. The van der Waals surface area contributed by atoms with E-state index in [9.17, 15) is 24.0 Å². The third-order valence-corrected chi connectivity index (χ3v) is 18.6. The Bertz CT molecular complexity index is 2750. The molecular weight excluding hydrogens is 949 g/mol. The van der Waals surface area contributed by atoms with Crippen LogP contribution in [-0.2, 0) is 36.8 Å². The van der Waals surface area contributed by atoms with E-state index in [1.807, 2.05) is 11.8 Å². The van der Waals surface area contributed by atoms with Gasteiger partial charge < -0.3 is 36.4 Å². The number of hydrogen-bond acceptors (Lipinski definition) is 8. The molecule has 406 valence electrons. The fourth-order valence-electron chi connectivity index (χ4n) is 14.0. The summed E-state index contributed by atoms with van der Waals surface area (Å²) in [5.74, 6) is -0.225. The van der Waals surface area contributed by atoms with E-state index in [0.29, 0.717) is 19.5 Å². The highest BCUT2D eigenvalue weighted by Crippen LogP contribution is 2.41. The lowest BCUT2D eigenvalue weighted by Crippen LogP contribution is -2.58. The van der Waals surface area contributed by atoms with E-state index in [4.69, 9.17) is 0 Å². The molecule has 13 nitrogen and oxygen atoms in total. The summed E-state index contributed by atoms with van der Waals surface area (Å²) in [6.45, 7) is 4.87. The molecule has 4 aromatic rings. The van der Waals surface area contributed by atoms with Crippen LogP contribution in [0.4, 0.5) is 0 Å². The summed E-state index contributed by atoms with van der Waals surface area (Å²) in [5, 5.41) is 22.1. The molecule has 5 amide bonds. The Morgan fingerprint density at radius 1 is 0.513 bits per heavy atom. The zero-order valence-electron chi connectivity index (χ0n) is 45.7. The van der Waals surface area contributed by atoms with Gasteiger partial charge in [-0.1, -0.05) is 99.2 Å². The van der Waals surface area contributed by atoms with Crippen molar-refractivity contribution in [3.63, 3.8) is 0 Å². The molecule has 0 aromatic heterocycles. The molecule has 4 aromatic carbocycles. The van der Waals surface area contributed by atoms with Gasteiger partial charge in [0.1, 0.15) is 18.1 Å². The van der Waals surface area contributed by atoms with Crippen LogP contribution in [0.15, 0.2) is 72.8 Å². The molecule has 0 spiro atoms. The van der Waals surface area contributed by atoms with Crippen LogP contribution < -0.4 is 31.9 Å². The Morgan fingerprint density at radius 2 is 1.00 bits per heavy atom. The van der Waals surface area contributed by atoms with Crippen molar-refractivity contribution < 1.29 is 24.0 Å². The Hall–Kier alpha value is -5.63. The number of nitrogens with one attached hydrogen (secondary N) is 6. The highest BCUT2D eigenvalue weighted by atomic mass is 16.2. The Balaban J connectivity index is 0.831. The minimum absolute atomic E-state index is 0.0625. The first kappa shape index (κ1) is 53.8. The maximum atomic E-state index is 14.5. The molecule has 4 fully saturated rings. The largest absolute Gasteiger partial charge is 0.347 e. The lowest BCUT2D eigenvalue weighted by atomic mass is 9.82. The van der Waals surface area contributed by atoms with Crippen LogP contribution in [0.3, 0.4) is 0 Å². The third-order valence-electron chi connectivity index (χ3n) is 18.6. The Labute approximate surface area is 451 Å². The predicted octanol–water partition coefficient (Wildman–Crippen LogP) is 8.92. The first-order chi connectivity index (χ1) is 37.0. The highest BCUT2D eigenvalue weighted by Gasteiger charge is 2.43. The maximum absolute atomic E-state index is 14.5. The van der Waals surface area contributed by atoms with E-state index in [-0.39, 0.29) is 65.7 Å². The van der Waals surface area contributed by atoms with Gasteiger partial charge in [0.15, 0.2) is 0 Å². The number of likely N-dealkylation sites (N-methyl/N-ethyl adjacent to an activating group) is 2. The molecule has 13 heteroatoms. The lowest BCUT2D eigenvalue weighted by Gasteiger charge is -2.38. The molecule has 76 heavy (non-hydrogen) atoms. The summed E-state index contributed by atoms with van der Waals surface area (Å²) >= 11 is 0. The van der Waals surface area contributed by atoms with E-state index in [0.717, 1.165) is 127 Å². The summed E-state index contributed by atoms with van der Waals surface area (Å²) in [6.07, 6.45) is 19.3. The average molecular weight is 1030 g/mol. The number of likely N-dealkylation sites (tertiary alicyclic amines) is 2. The number of carbonyl (C=O) groups excluding carboxylic acids is 5. The van der Waals surface area contributed by atoms with E-state index < -0.39 is 24.2 Å². The molecule has 0 unspecified atom stereocenters. The van der Waals surface area contributed by atoms with Crippen molar-refractivity contribution in [1.29, 1.82) is 0 Å². The average Bonchev–Trinajstić information content (AvgIpc) is 4.17. The second-order valence-electron chi connectivity index (χ2n) is 23.3. The van der Waals surface area contributed by atoms with Gasteiger partial charge in [-0.05, 0) is 197 Å². The molecule has 2 aliphatic heterocycles. The molecule has 0 bridgehead atoms. The van der Waals surface area contributed by atoms with Gasteiger partial charge in [-0.3, -0.25) is 29.3 Å². The number of hydrogen-bond donors (Lipinski definition) is 6. The number of benzene rings is 4. The SMILES string of the molecule is CN[C@@H](C)C(=O)N[C@H](C(=O)N1CCC[C@H]1N[C@@H]1CCCc2c(-c3ccc4cc(-c5cccc6c5CCC[C@H]6NC(=O)[C@@H]5CCCN5C(=O)[C@@H](NC(=O)[C@H](C)NC)C5CCCCC5)ccc4c3)cccc21)C1CCCCC1. The number of fused-ring (bicyclic) bond motifs is 3. The zero-order chi connectivity index (χ0) is 52.9. The summed E-state index contributed by atoms with van der Waals surface area (Å²) < 4.78 is 0. The number of rotatable bonds is 16. The van der Waals surface area contributed by atoms with Crippen LogP contribution in [0.1, 0.15) is 164 Å². The predicted molar refractivity (Wildman–Crippen MR) is 301 cm³/mol. The van der Waals surface area contributed by atoms with Crippen molar-refractivity contribution in [3.05, 3.63) is 95.1 Å².